The highest BCUT2D eigenvalue weighted by atomic mass is 15.2. The Balaban J connectivity index is 1.43. The summed E-state index contributed by atoms with van der Waals surface area (Å²) in [6.45, 7) is 15.9. The van der Waals surface area contributed by atoms with E-state index in [4.69, 9.17) is 4.98 Å². The summed E-state index contributed by atoms with van der Waals surface area (Å²) in [5, 5.41) is 3.94. The summed E-state index contributed by atoms with van der Waals surface area (Å²) < 4.78 is 2.56. The zero-order valence-corrected chi connectivity index (χ0v) is 22.5. The normalized spacial score (nSPS) is 20.9. The quantitative estimate of drug-likeness (QED) is 0.553. The molecule has 2 aromatic heterocycles. The number of likely N-dealkylation sites (N-methyl/N-ethyl adjacent to an activating group) is 1. The van der Waals surface area contributed by atoms with Crippen molar-refractivity contribution < 1.29 is 0 Å². The van der Waals surface area contributed by atoms with Gasteiger partial charge in [0, 0.05) is 80.5 Å². The molecule has 3 aliphatic rings. The van der Waals surface area contributed by atoms with Crippen LogP contribution >= 0.6 is 0 Å². The number of benzene rings is 1. The van der Waals surface area contributed by atoms with Crippen molar-refractivity contribution in [1.29, 1.82) is 0 Å². The maximum absolute atomic E-state index is 5.35. The molecule has 0 aliphatic carbocycles. The van der Waals surface area contributed by atoms with E-state index >= 15 is 0 Å². The number of pyridine rings is 1. The average Bonchev–Trinajstić information content (AvgIpc) is 3.49. The predicted octanol–water partition coefficient (Wildman–Crippen LogP) is 3.24. The number of piperazine rings is 1. The van der Waals surface area contributed by atoms with E-state index < -0.39 is 0 Å². The summed E-state index contributed by atoms with van der Waals surface area (Å²) in [6, 6.07) is 7.07. The highest BCUT2D eigenvalue weighted by Gasteiger charge is 2.24. The van der Waals surface area contributed by atoms with E-state index in [1.807, 2.05) is 0 Å². The number of nitrogens with zero attached hydrogens (tertiary/aromatic N) is 6. The van der Waals surface area contributed by atoms with Crippen LogP contribution in [0.4, 0.5) is 11.4 Å². The highest BCUT2D eigenvalue weighted by molar-refractivity contribution is 6.08. The number of hydrogen-bond acceptors (Lipinski definition) is 5. The Hall–Kier alpha value is -2.57. The van der Waals surface area contributed by atoms with Crippen LogP contribution in [0, 0.1) is 0 Å². The smallest absolute Gasteiger partial charge is 0.0985 e. The lowest BCUT2D eigenvalue weighted by Crippen LogP contribution is -2.45. The second kappa shape index (κ2) is 10.1. The first-order valence-electron chi connectivity index (χ1n) is 14.2. The van der Waals surface area contributed by atoms with E-state index in [-0.39, 0.29) is 0 Å². The van der Waals surface area contributed by atoms with Crippen molar-refractivity contribution in [2.75, 3.05) is 75.8 Å². The molecule has 0 atom stereocenters. The zero-order chi connectivity index (χ0) is 24.6. The lowest BCUT2D eigenvalue weighted by atomic mass is 10.1. The lowest BCUT2D eigenvalue weighted by molar-refractivity contribution is 0.153. The van der Waals surface area contributed by atoms with Gasteiger partial charge in [-0.25, -0.2) is 4.98 Å². The summed E-state index contributed by atoms with van der Waals surface area (Å²) in [4.78, 5) is 15.7. The van der Waals surface area contributed by atoms with E-state index in [1.165, 1.54) is 110 Å². The van der Waals surface area contributed by atoms with Crippen molar-refractivity contribution in [3.8, 4) is 0 Å². The summed E-state index contributed by atoms with van der Waals surface area (Å²) in [5.74, 6) is 0. The first-order chi connectivity index (χ1) is 17.7. The first-order valence-corrected chi connectivity index (χ1v) is 14.2. The van der Waals surface area contributed by atoms with Crippen molar-refractivity contribution in [1.82, 2.24) is 19.4 Å². The van der Waals surface area contributed by atoms with E-state index in [1.54, 1.807) is 0 Å². The SMILES string of the molecule is C/C=c1\c(=C/C)n2c3c(c4ccc(N5CCCC5)cc4nc13)N(CCCN1CCN(C)CC1)CCC2. The van der Waals surface area contributed by atoms with Crippen LogP contribution < -0.4 is 20.4 Å². The van der Waals surface area contributed by atoms with Crippen LogP contribution in [0.15, 0.2) is 18.2 Å². The topological polar surface area (TPSA) is 30.8 Å². The molecular weight excluding hydrogens is 444 g/mol. The van der Waals surface area contributed by atoms with Gasteiger partial charge < -0.3 is 24.2 Å². The van der Waals surface area contributed by atoms with Crippen molar-refractivity contribution >= 4 is 45.5 Å². The fourth-order valence-corrected chi connectivity index (χ4v) is 6.69. The van der Waals surface area contributed by atoms with Crippen LogP contribution in [0.1, 0.15) is 39.5 Å². The zero-order valence-electron chi connectivity index (χ0n) is 22.5. The molecule has 2 fully saturated rings. The molecule has 6 nitrogen and oxygen atoms in total. The number of aryl methyl sites for hydroxylation is 1. The molecule has 6 heteroatoms. The molecule has 2 saturated heterocycles. The van der Waals surface area contributed by atoms with Gasteiger partial charge in [-0.05, 0) is 71.3 Å². The van der Waals surface area contributed by atoms with Gasteiger partial charge in [-0.15, -0.1) is 0 Å². The summed E-state index contributed by atoms with van der Waals surface area (Å²) in [7, 11) is 2.24. The van der Waals surface area contributed by atoms with Gasteiger partial charge in [0.15, 0.2) is 0 Å². The lowest BCUT2D eigenvalue weighted by Gasteiger charge is -2.33. The fourth-order valence-electron chi connectivity index (χ4n) is 6.69. The number of hydrogen-bond donors (Lipinski definition) is 0. The Morgan fingerprint density at radius 2 is 1.67 bits per heavy atom. The maximum Gasteiger partial charge on any atom is 0.0985 e. The summed E-state index contributed by atoms with van der Waals surface area (Å²) in [6.07, 6.45) is 9.52. The monoisotopic (exact) mass is 486 g/mol. The molecule has 0 N–H and O–H groups in total. The van der Waals surface area contributed by atoms with Gasteiger partial charge in [0.2, 0.25) is 0 Å². The van der Waals surface area contributed by atoms with Gasteiger partial charge >= 0.3 is 0 Å². The van der Waals surface area contributed by atoms with Gasteiger partial charge in [-0.2, -0.15) is 0 Å². The molecule has 3 aliphatic heterocycles. The molecule has 192 valence electrons. The Morgan fingerprint density at radius 1 is 0.861 bits per heavy atom. The third-order valence-corrected chi connectivity index (χ3v) is 8.67. The van der Waals surface area contributed by atoms with E-state index in [0.29, 0.717) is 0 Å². The van der Waals surface area contributed by atoms with Crippen LogP contribution in [-0.4, -0.2) is 85.3 Å². The Labute approximate surface area is 215 Å². The van der Waals surface area contributed by atoms with Gasteiger partial charge in [0.1, 0.15) is 0 Å². The van der Waals surface area contributed by atoms with E-state index in [9.17, 15) is 0 Å². The van der Waals surface area contributed by atoms with Gasteiger partial charge in [0.25, 0.3) is 0 Å². The van der Waals surface area contributed by atoms with E-state index in [0.717, 1.165) is 25.2 Å². The molecular formula is C30H42N6. The number of aromatic nitrogens is 2. The predicted molar refractivity (Wildman–Crippen MR) is 154 cm³/mol. The van der Waals surface area contributed by atoms with Crippen LogP contribution in [-0.2, 0) is 6.54 Å². The molecule has 3 aromatic rings. The third kappa shape index (κ3) is 4.18. The summed E-state index contributed by atoms with van der Waals surface area (Å²) >= 11 is 0. The Bertz CT molecular complexity index is 1360. The molecule has 1 aromatic carbocycles. The van der Waals surface area contributed by atoms with Gasteiger partial charge in [-0.3, -0.25) is 0 Å². The second-order valence-corrected chi connectivity index (χ2v) is 10.9. The van der Waals surface area contributed by atoms with Crippen LogP contribution in [0.2, 0.25) is 0 Å². The molecule has 0 saturated carbocycles. The van der Waals surface area contributed by atoms with Crippen molar-refractivity contribution in [2.24, 2.45) is 0 Å². The largest absolute Gasteiger partial charge is 0.371 e. The minimum atomic E-state index is 1.06. The first kappa shape index (κ1) is 23.8. The average molecular weight is 487 g/mol. The van der Waals surface area contributed by atoms with Crippen molar-refractivity contribution in [3.05, 3.63) is 28.8 Å². The molecule has 0 amide bonds. The molecule has 36 heavy (non-hydrogen) atoms. The maximum atomic E-state index is 5.35. The number of fused-ring (bicyclic) bond motifs is 2. The molecule has 0 spiro atoms. The molecule has 6 rings (SSSR count). The highest BCUT2D eigenvalue weighted by Crippen LogP contribution is 2.36. The minimum Gasteiger partial charge on any atom is -0.371 e. The number of rotatable bonds is 5. The Morgan fingerprint density at radius 3 is 2.42 bits per heavy atom. The standard InChI is InChI=1S/C30H42N6/c1-4-24-27(5-2)36-17-9-16-35(15-8-12-33-20-18-32(3)19-21-33)29-25-11-10-23(34-13-6-7-14-34)22-26(25)31-28(24)30(29)36/h4-5,10-11,22H,6-9,12-21H2,1-3H3/b24-4+,27-5+. The van der Waals surface area contributed by atoms with Crippen LogP contribution in [0.25, 0.3) is 34.1 Å². The van der Waals surface area contributed by atoms with Crippen LogP contribution in [0.3, 0.4) is 0 Å². The summed E-state index contributed by atoms with van der Waals surface area (Å²) in [5.41, 5.74) is 6.41. The molecule has 0 radical (unpaired) electrons. The Kier molecular flexibility index (Phi) is 6.65. The fraction of sp³-hybridized carbons (Fsp3) is 0.567. The second-order valence-electron chi connectivity index (χ2n) is 10.9. The molecule has 0 bridgehead atoms. The van der Waals surface area contributed by atoms with Crippen molar-refractivity contribution in [3.63, 3.8) is 0 Å². The van der Waals surface area contributed by atoms with Crippen LogP contribution in [0.5, 0.6) is 0 Å². The van der Waals surface area contributed by atoms with Crippen molar-refractivity contribution in [2.45, 2.75) is 46.1 Å². The van der Waals surface area contributed by atoms with Gasteiger partial charge in [-0.1, -0.05) is 12.2 Å². The van der Waals surface area contributed by atoms with E-state index in [2.05, 4.69) is 75.4 Å². The third-order valence-electron chi connectivity index (χ3n) is 8.67. The number of anilines is 2. The molecule has 0 unspecified atom stereocenters. The minimum absolute atomic E-state index is 1.06. The van der Waals surface area contributed by atoms with Gasteiger partial charge in [0.05, 0.1) is 22.2 Å². The molecule has 5 heterocycles.